The molecule has 1 aliphatic heterocycles. The summed E-state index contributed by atoms with van der Waals surface area (Å²) >= 11 is 1.13. The van der Waals surface area contributed by atoms with Gasteiger partial charge < -0.3 is 24.4 Å². The highest BCUT2D eigenvalue weighted by Gasteiger charge is 2.33. The summed E-state index contributed by atoms with van der Waals surface area (Å²) in [5, 5.41) is 2.65. The van der Waals surface area contributed by atoms with E-state index in [9.17, 15) is 19.2 Å². The molecule has 1 aromatic heterocycles. The van der Waals surface area contributed by atoms with Gasteiger partial charge in [0.05, 0.1) is 25.3 Å². The number of nitrogens with zero attached hydrogens (tertiary/aromatic N) is 1. The standard InChI is InChI=1S/C19H26N2O7S/c1-6-26-16(23)13-11-8-9-21(18(25)28-19(3,4)5)10-12(11)29-15(13)20-14(22)17(24)27-7-2/h6-10H2,1-5H3,(H,20,22). The van der Waals surface area contributed by atoms with Gasteiger partial charge in [0.2, 0.25) is 0 Å². The second kappa shape index (κ2) is 9.25. The van der Waals surface area contributed by atoms with Gasteiger partial charge in [0.25, 0.3) is 0 Å². The van der Waals surface area contributed by atoms with Crippen molar-refractivity contribution in [3.05, 3.63) is 16.0 Å². The molecule has 10 heteroatoms. The van der Waals surface area contributed by atoms with Gasteiger partial charge in [-0.1, -0.05) is 0 Å². The average Bonchev–Trinajstić information content (AvgIpc) is 2.97. The minimum Gasteiger partial charge on any atom is -0.462 e. The van der Waals surface area contributed by atoms with Gasteiger partial charge in [0, 0.05) is 11.4 Å². The molecule has 0 bridgehead atoms. The Hall–Kier alpha value is -2.62. The van der Waals surface area contributed by atoms with Crippen molar-refractivity contribution in [1.29, 1.82) is 0 Å². The van der Waals surface area contributed by atoms with E-state index >= 15 is 0 Å². The Balaban J connectivity index is 2.30. The van der Waals surface area contributed by atoms with Crippen molar-refractivity contribution in [3.8, 4) is 0 Å². The van der Waals surface area contributed by atoms with Crippen LogP contribution in [0.5, 0.6) is 0 Å². The number of hydrogen-bond acceptors (Lipinski definition) is 8. The first kappa shape index (κ1) is 22.7. The Morgan fingerprint density at radius 3 is 2.34 bits per heavy atom. The zero-order valence-electron chi connectivity index (χ0n) is 17.2. The number of amides is 2. The van der Waals surface area contributed by atoms with Crippen molar-refractivity contribution < 1.29 is 33.4 Å². The highest BCUT2D eigenvalue weighted by molar-refractivity contribution is 7.17. The van der Waals surface area contributed by atoms with E-state index in [0.29, 0.717) is 18.5 Å². The van der Waals surface area contributed by atoms with Gasteiger partial charge in [-0.05, 0) is 46.6 Å². The minimum atomic E-state index is -1.04. The van der Waals surface area contributed by atoms with Crippen LogP contribution in [0.4, 0.5) is 9.80 Å². The van der Waals surface area contributed by atoms with Crippen LogP contribution in [0.15, 0.2) is 0 Å². The number of anilines is 1. The zero-order chi connectivity index (χ0) is 21.8. The number of carbonyl (C=O) groups excluding carboxylic acids is 4. The summed E-state index contributed by atoms with van der Waals surface area (Å²) in [5.74, 6) is -2.60. The van der Waals surface area contributed by atoms with E-state index in [4.69, 9.17) is 9.47 Å². The van der Waals surface area contributed by atoms with Gasteiger partial charge in [-0.2, -0.15) is 0 Å². The van der Waals surface area contributed by atoms with Crippen LogP contribution in [-0.2, 0) is 36.8 Å². The lowest BCUT2D eigenvalue weighted by molar-refractivity contribution is -0.152. The summed E-state index contributed by atoms with van der Waals surface area (Å²) in [7, 11) is 0. The van der Waals surface area contributed by atoms with Crippen LogP contribution in [0.2, 0.25) is 0 Å². The smallest absolute Gasteiger partial charge is 0.410 e. The Morgan fingerprint density at radius 2 is 1.76 bits per heavy atom. The summed E-state index contributed by atoms with van der Waals surface area (Å²) < 4.78 is 15.2. The number of carbonyl (C=O) groups is 4. The van der Waals surface area contributed by atoms with Crippen molar-refractivity contribution in [2.24, 2.45) is 0 Å². The fourth-order valence-corrected chi connectivity index (χ4v) is 3.99. The molecule has 0 aromatic carbocycles. The first-order valence-corrected chi connectivity index (χ1v) is 10.2. The first-order chi connectivity index (χ1) is 13.6. The molecule has 0 atom stereocenters. The SMILES string of the molecule is CCOC(=O)C(=O)Nc1sc2c(c1C(=O)OCC)CCN(C(=O)OC(C)(C)C)C2. The van der Waals surface area contributed by atoms with E-state index in [1.807, 2.05) is 0 Å². The molecule has 2 amide bonds. The van der Waals surface area contributed by atoms with Crippen molar-refractivity contribution in [1.82, 2.24) is 4.90 Å². The Labute approximate surface area is 173 Å². The normalized spacial score (nSPS) is 13.3. The predicted octanol–water partition coefficient (Wildman–Crippen LogP) is 2.72. The van der Waals surface area contributed by atoms with Gasteiger partial charge >= 0.3 is 23.9 Å². The molecular weight excluding hydrogens is 400 g/mol. The second-order valence-corrected chi connectivity index (χ2v) is 8.36. The molecule has 0 saturated heterocycles. The van der Waals surface area contributed by atoms with Gasteiger partial charge in [-0.25, -0.2) is 14.4 Å². The van der Waals surface area contributed by atoms with Gasteiger partial charge in [-0.15, -0.1) is 11.3 Å². The molecule has 0 unspecified atom stereocenters. The number of rotatable bonds is 4. The Morgan fingerprint density at radius 1 is 1.10 bits per heavy atom. The highest BCUT2D eigenvalue weighted by Crippen LogP contribution is 2.38. The second-order valence-electron chi connectivity index (χ2n) is 7.25. The number of nitrogens with one attached hydrogen (secondary N) is 1. The maximum atomic E-state index is 12.5. The maximum Gasteiger partial charge on any atom is 0.410 e. The number of hydrogen-bond donors (Lipinski definition) is 1. The molecule has 0 aliphatic carbocycles. The number of ether oxygens (including phenoxy) is 3. The van der Waals surface area contributed by atoms with Crippen LogP contribution in [0.1, 0.15) is 55.4 Å². The Bertz CT molecular complexity index is 810. The largest absolute Gasteiger partial charge is 0.462 e. The molecule has 160 valence electrons. The third kappa shape index (κ3) is 5.69. The van der Waals surface area contributed by atoms with E-state index in [1.165, 1.54) is 4.90 Å². The van der Waals surface area contributed by atoms with Crippen molar-refractivity contribution >= 4 is 40.3 Å². The maximum absolute atomic E-state index is 12.5. The topological polar surface area (TPSA) is 111 Å². The molecule has 1 aromatic rings. The molecule has 0 fully saturated rings. The van der Waals surface area contributed by atoms with Crippen LogP contribution < -0.4 is 5.32 Å². The molecular formula is C19H26N2O7S. The monoisotopic (exact) mass is 426 g/mol. The van der Waals surface area contributed by atoms with E-state index in [-0.39, 0.29) is 30.3 Å². The molecule has 29 heavy (non-hydrogen) atoms. The molecule has 0 spiro atoms. The fourth-order valence-electron chi connectivity index (χ4n) is 2.74. The van der Waals surface area contributed by atoms with E-state index in [2.05, 4.69) is 10.1 Å². The lowest BCUT2D eigenvalue weighted by Crippen LogP contribution is -2.39. The molecule has 9 nitrogen and oxygen atoms in total. The van der Waals surface area contributed by atoms with Crippen LogP contribution in [0, 0.1) is 0 Å². The summed E-state index contributed by atoms with van der Waals surface area (Å²) in [5.41, 5.74) is 0.294. The van der Waals surface area contributed by atoms with Gasteiger partial charge in [0.1, 0.15) is 10.6 Å². The van der Waals surface area contributed by atoms with Crippen LogP contribution >= 0.6 is 11.3 Å². The fraction of sp³-hybridized carbons (Fsp3) is 0.579. The van der Waals surface area contributed by atoms with Crippen LogP contribution in [0.3, 0.4) is 0 Å². The van der Waals surface area contributed by atoms with Gasteiger partial charge in [0.15, 0.2) is 0 Å². The van der Waals surface area contributed by atoms with Crippen molar-refractivity contribution in [2.45, 2.75) is 53.2 Å². The summed E-state index contributed by atoms with van der Waals surface area (Å²) in [6.45, 7) is 9.44. The van der Waals surface area contributed by atoms with E-state index in [0.717, 1.165) is 16.2 Å². The molecule has 2 heterocycles. The Kier molecular flexibility index (Phi) is 7.23. The van der Waals surface area contributed by atoms with Crippen LogP contribution in [-0.4, -0.2) is 54.2 Å². The number of fused-ring (bicyclic) bond motifs is 1. The summed E-state index contributed by atoms with van der Waals surface area (Å²) in [6.07, 6.45) is -0.0551. The van der Waals surface area contributed by atoms with Gasteiger partial charge in [-0.3, -0.25) is 4.79 Å². The average molecular weight is 426 g/mol. The molecule has 0 radical (unpaired) electrons. The highest BCUT2D eigenvalue weighted by atomic mass is 32.1. The van der Waals surface area contributed by atoms with Crippen LogP contribution in [0.25, 0.3) is 0 Å². The first-order valence-electron chi connectivity index (χ1n) is 9.35. The third-order valence-electron chi connectivity index (χ3n) is 3.88. The van der Waals surface area contributed by atoms with Crippen molar-refractivity contribution in [3.63, 3.8) is 0 Å². The van der Waals surface area contributed by atoms with Crippen molar-refractivity contribution in [2.75, 3.05) is 25.1 Å². The summed E-state index contributed by atoms with van der Waals surface area (Å²) in [6, 6.07) is 0. The lowest BCUT2D eigenvalue weighted by Gasteiger charge is -2.30. The summed E-state index contributed by atoms with van der Waals surface area (Å²) in [4.78, 5) is 50.8. The number of thiophene rings is 1. The van der Waals surface area contributed by atoms with E-state index < -0.39 is 29.5 Å². The zero-order valence-corrected chi connectivity index (χ0v) is 18.1. The molecule has 0 saturated carbocycles. The minimum absolute atomic E-state index is 0.0583. The quantitative estimate of drug-likeness (QED) is 0.448. The third-order valence-corrected chi connectivity index (χ3v) is 5.01. The molecule has 1 N–H and O–H groups in total. The predicted molar refractivity (Wildman–Crippen MR) is 106 cm³/mol. The number of esters is 2. The molecule has 2 rings (SSSR count). The lowest BCUT2D eigenvalue weighted by atomic mass is 10.0. The molecule has 1 aliphatic rings. The van der Waals surface area contributed by atoms with E-state index in [1.54, 1.807) is 34.6 Å².